The highest BCUT2D eigenvalue weighted by atomic mass is 16.6. The van der Waals surface area contributed by atoms with Crippen LogP contribution in [-0.4, -0.2) is 30.0 Å². The number of non-ortho nitro benzene ring substituents is 1. The van der Waals surface area contributed by atoms with Crippen molar-refractivity contribution >= 4 is 17.6 Å². The van der Waals surface area contributed by atoms with Gasteiger partial charge in [0.05, 0.1) is 12.0 Å². The number of rotatable bonds is 5. The molecule has 0 aliphatic carbocycles. The first kappa shape index (κ1) is 15.2. The van der Waals surface area contributed by atoms with Gasteiger partial charge in [-0.3, -0.25) is 14.9 Å². The van der Waals surface area contributed by atoms with Crippen LogP contribution in [0.15, 0.2) is 24.3 Å². The van der Waals surface area contributed by atoms with Crippen LogP contribution in [0.5, 0.6) is 0 Å². The molecular formula is C13H12N2O5. The van der Waals surface area contributed by atoms with Crippen LogP contribution in [0.4, 0.5) is 5.69 Å². The van der Waals surface area contributed by atoms with Crippen molar-refractivity contribution in [1.29, 1.82) is 0 Å². The van der Waals surface area contributed by atoms with Crippen molar-refractivity contribution in [3.05, 3.63) is 39.9 Å². The summed E-state index contributed by atoms with van der Waals surface area (Å²) in [5.41, 5.74) is -0.158. The number of carbonyl (C=O) groups is 2. The van der Waals surface area contributed by atoms with Crippen molar-refractivity contribution in [2.24, 2.45) is 0 Å². The Balaban J connectivity index is 2.89. The quantitative estimate of drug-likeness (QED) is 0.372. The minimum absolute atomic E-state index is 0.0344. The third-order valence-corrected chi connectivity index (χ3v) is 2.43. The van der Waals surface area contributed by atoms with Crippen LogP contribution in [0.1, 0.15) is 16.8 Å². The van der Waals surface area contributed by atoms with Crippen LogP contribution in [0.25, 0.3) is 0 Å². The van der Waals surface area contributed by atoms with E-state index >= 15 is 0 Å². The Hall–Kier alpha value is -2.88. The highest BCUT2D eigenvalue weighted by Crippen LogP contribution is 2.13. The van der Waals surface area contributed by atoms with Gasteiger partial charge in [0.2, 0.25) is 0 Å². The first-order valence-electron chi connectivity index (χ1n) is 5.56. The molecule has 1 aromatic rings. The molecule has 1 atom stereocenters. The molecule has 0 bridgehead atoms. The summed E-state index contributed by atoms with van der Waals surface area (Å²) in [6, 6.07) is 4.15. The summed E-state index contributed by atoms with van der Waals surface area (Å²) < 4.78 is 4.51. The zero-order valence-corrected chi connectivity index (χ0v) is 10.7. The first-order valence-corrected chi connectivity index (χ1v) is 5.56. The molecule has 0 aliphatic heterocycles. The summed E-state index contributed by atoms with van der Waals surface area (Å²) in [7, 11) is 1.17. The Morgan fingerprint density at radius 1 is 1.55 bits per heavy atom. The SMILES string of the molecule is C#CC[C@@H](NC(=O)c1cccc([N+](=O)[O-])c1)C(=O)OC. The van der Waals surface area contributed by atoms with Gasteiger partial charge < -0.3 is 10.1 Å². The van der Waals surface area contributed by atoms with Gasteiger partial charge in [0.15, 0.2) is 0 Å². The molecule has 0 aliphatic rings. The second kappa shape index (κ2) is 6.89. The van der Waals surface area contributed by atoms with Gasteiger partial charge in [-0.15, -0.1) is 12.3 Å². The largest absolute Gasteiger partial charge is 0.467 e. The van der Waals surface area contributed by atoms with E-state index < -0.39 is 22.8 Å². The minimum Gasteiger partial charge on any atom is -0.467 e. The number of amides is 1. The highest BCUT2D eigenvalue weighted by molar-refractivity contribution is 5.97. The van der Waals surface area contributed by atoms with E-state index in [1.54, 1.807) is 0 Å². The number of nitro groups is 1. The van der Waals surface area contributed by atoms with E-state index in [9.17, 15) is 19.7 Å². The molecule has 1 N–H and O–H groups in total. The fourth-order valence-corrected chi connectivity index (χ4v) is 1.46. The zero-order valence-electron chi connectivity index (χ0n) is 10.7. The Morgan fingerprint density at radius 2 is 2.25 bits per heavy atom. The number of hydrogen-bond donors (Lipinski definition) is 1. The predicted molar refractivity (Wildman–Crippen MR) is 69.8 cm³/mol. The molecule has 7 heteroatoms. The maximum Gasteiger partial charge on any atom is 0.329 e. The number of methoxy groups -OCH3 is 1. The number of nitrogens with zero attached hydrogens (tertiary/aromatic N) is 1. The summed E-state index contributed by atoms with van der Waals surface area (Å²) in [6.45, 7) is 0. The van der Waals surface area contributed by atoms with E-state index in [4.69, 9.17) is 6.42 Å². The van der Waals surface area contributed by atoms with Crippen LogP contribution in [-0.2, 0) is 9.53 Å². The third kappa shape index (κ3) is 3.81. The first-order chi connectivity index (χ1) is 9.49. The Morgan fingerprint density at radius 3 is 2.80 bits per heavy atom. The van der Waals surface area contributed by atoms with Gasteiger partial charge in [-0.1, -0.05) is 6.07 Å². The maximum absolute atomic E-state index is 11.9. The zero-order chi connectivity index (χ0) is 15.1. The molecule has 104 valence electrons. The Bertz CT molecular complexity index is 576. The topological polar surface area (TPSA) is 98.5 Å². The molecule has 20 heavy (non-hydrogen) atoms. The average molecular weight is 276 g/mol. The normalized spacial score (nSPS) is 11.0. The monoisotopic (exact) mass is 276 g/mol. The van der Waals surface area contributed by atoms with Gasteiger partial charge in [0.1, 0.15) is 6.04 Å². The summed E-state index contributed by atoms with van der Waals surface area (Å²) in [6.07, 6.45) is 5.07. The Labute approximate surface area is 115 Å². The average Bonchev–Trinajstić information content (AvgIpc) is 2.45. The summed E-state index contributed by atoms with van der Waals surface area (Å²) in [4.78, 5) is 33.3. The molecule has 0 radical (unpaired) electrons. The standard InChI is InChI=1S/C13H12N2O5/c1-3-5-11(13(17)20-2)14-12(16)9-6-4-7-10(8-9)15(18)19/h1,4,6-8,11H,5H2,2H3,(H,14,16)/t11-/m1/s1. The van der Waals surface area contributed by atoms with E-state index in [-0.39, 0.29) is 17.7 Å². The van der Waals surface area contributed by atoms with E-state index in [1.165, 1.54) is 25.3 Å². The molecule has 1 rings (SSSR count). The van der Waals surface area contributed by atoms with Crippen molar-refractivity contribution in [2.45, 2.75) is 12.5 Å². The third-order valence-electron chi connectivity index (χ3n) is 2.43. The maximum atomic E-state index is 11.9. The van der Waals surface area contributed by atoms with Gasteiger partial charge in [0.25, 0.3) is 11.6 Å². The number of esters is 1. The molecule has 0 fully saturated rings. The molecule has 0 saturated carbocycles. The highest BCUT2D eigenvalue weighted by Gasteiger charge is 2.21. The van der Waals surface area contributed by atoms with Crippen molar-refractivity contribution < 1.29 is 19.2 Å². The van der Waals surface area contributed by atoms with Gasteiger partial charge in [-0.25, -0.2) is 4.79 Å². The lowest BCUT2D eigenvalue weighted by atomic mass is 10.1. The fourth-order valence-electron chi connectivity index (χ4n) is 1.46. The van der Waals surface area contributed by atoms with Crippen molar-refractivity contribution in [3.63, 3.8) is 0 Å². The van der Waals surface area contributed by atoms with Gasteiger partial charge >= 0.3 is 5.97 Å². The van der Waals surface area contributed by atoms with Gasteiger partial charge in [0, 0.05) is 24.1 Å². The van der Waals surface area contributed by atoms with Crippen molar-refractivity contribution in [1.82, 2.24) is 5.32 Å². The molecule has 7 nitrogen and oxygen atoms in total. The summed E-state index contributed by atoms with van der Waals surface area (Å²) in [5, 5.41) is 13.0. The molecule has 0 spiro atoms. The molecule has 0 unspecified atom stereocenters. The molecule has 0 aromatic heterocycles. The van der Waals surface area contributed by atoms with Crippen LogP contribution >= 0.6 is 0 Å². The molecular weight excluding hydrogens is 264 g/mol. The minimum atomic E-state index is -0.989. The van der Waals surface area contributed by atoms with Gasteiger partial charge in [-0.2, -0.15) is 0 Å². The number of hydrogen-bond acceptors (Lipinski definition) is 5. The lowest BCUT2D eigenvalue weighted by Gasteiger charge is -2.13. The lowest BCUT2D eigenvalue weighted by molar-refractivity contribution is -0.384. The van der Waals surface area contributed by atoms with E-state index in [1.807, 2.05) is 0 Å². The number of terminal acetylenes is 1. The molecule has 0 heterocycles. The van der Waals surface area contributed by atoms with Crippen molar-refractivity contribution in [3.8, 4) is 12.3 Å². The number of benzene rings is 1. The fraction of sp³-hybridized carbons (Fsp3) is 0.231. The van der Waals surface area contributed by atoms with Crippen LogP contribution in [0.3, 0.4) is 0 Å². The summed E-state index contributed by atoms with van der Waals surface area (Å²) in [5.74, 6) is 0.927. The van der Waals surface area contributed by atoms with E-state index in [2.05, 4.69) is 16.0 Å². The Kier molecular flexibility index (Phi) is 5.23. The smallest absolute Gasteiger partial charge is 0.329 e. The molecule has 1 amide bonds. The molecule has 0 saturated heterocycles. The number of nitrogens with one attached hydrogen (secondary N) is 1. The predicted octanol–water partition coefficient (Wildman–Crippen LogP) is 0.889. The second-order valence-electron chi connectivity index (χ2n) is 3.76. The lowest BCUT2D eigenvalue weighted by Crippen LogP contribution is -2.41. The van der Waals surface area contributed by atoms with Crippen LogP contribution in [0.2, 0.25) is 0 Å². The van der Waals surface area contributed by atoms with Crippen LogP contribution in [0, 0.1) is 22.5 Å². The number of nitro benzene ring substituents is 1. The van der Waals surface area contributed by atoms with Crippen LogP contribution < -0.4 is 5.32 Å². The number of carbonyl (C=O) groups excluding carboxylic acids is 2. The number of ether oxygens (including phenoxy) is 1. The second-order valence-corrected chi connectivity index (χ2v) is 3.76. The van der Waals surface area contributed by atoms with Gasteiger partial charge in [-0.05, 0) is 6.07 Å². The summed E-state index contributed by atoms with van der Waals surface area (Å²) >= 11 is 0. The van der Waals surface area contributed by atoms with E-state index in [0.29, 0.717) is 0 Å². The molecule has 1 aromatic carbocycles. The van der Waals surface area contributed by atoms with Crippen molar-refractivity contribution in [2.75, 3.05) is 7.11 Å². The van der Waals surface area contributed by atoms with E-state index in [0.717, 1.165) is 6.07 Å².